The Morgan fingerprint density at radius 1 is 1.56 bits per heavy atom. The van der Waals surface area contributed by atoms with Crippen LogP contribution in [-0.2, 0) is 0 Å². The second kappa shape index (κ2) is 5.50. The van der Waals surface area contributed by atoms with E-state index in [4.69, 9.17) is 0 Å². The Kier molecular flexibility index (Phi) is 4.01. The predicted octanol–water partition coefficient (Wildman–Crippen LogP) is 1.39. The average molecular weight is 238 g/mol. The summed E-state index contributed by atoms with van der Waals surface area (Å²) in [6.07, 6.45) is 6.33. The standard InChI is InChI=1S/C11H18N4S/c1-12-9-4-3-7-15(8-9)10-5-6-13-11(14-10)16-2/h5-6,9,12H,3-4,7-8H2,1-2H3/t9-/m0/s1. The Morgan fingerprint density at radius 2 is 2.44 bits per heavy atom. The van der Waals surface area contributed by atoms with Crippen LogP contribution in [-0.4, -0.2) is 42.4 Å². The number of aromatic nitrogens is 2. The molecule has 0 aliphatic carbocycles. The molecule has 16 heavy (non-hydrogen) atoms. The minimum Gasteiger partial charge on any atom is -0.355 e. The van der Waals surface area contributed by atoms with Crippen LogP contribution in [0.5, 0.6) is 0 Å². The lowest BCUT2D eigenvalue weighted by atomic mass is 10.1. The van der Waals surface area contributed by atoms with Crippen LogP contribution in [0.25, 0.3) is 0 Å². The van der Waals surface area contributed by atoms with Crippen molar-refractivity contribution in [1.29, 1.82) is 0 Å². The third-order valence-corrected chi connectivity index (χ3v) is 3.52. The largest absolute Gasteiger partial charge is 0.355 e. The van der Waals surface area contributed by atoms with Gasteiger partial charge in [0.05, 0.1) is 0 Å². The minimum absolute atomic E-state index is 0.585. The van der Waals surface area contributed by atoms with E-state index in [1.165, 1.54) is 12.8 Å². The molecule has 1 aliphatic heterocycles. The summed E-state index contributed by atoms with van der Waals surface area (Å²) in [4.78, 5) is 11.1. The number of hydrogen-bond acceptors (Lipinski definition) is 5. The van der Waals surface area contributed by atoms with Gasteiger partial charge in [-0.25, -0.2) is 9.97 Å². The van der Waals surface area contributed by atoms with Crippen LogP contribution in [0.4, 0.5) is 5.82 Å². The quantitative estimate of drug-likeness (QED) is 0.636. The van der Waals surface area contributed by atoms with Crippen LogP contribution in [0.15, 0.2) is 17.4 Å². The van der Waals surface area contributed by atoms with E-state index in [0.29, 0.717) is 6.04 Å². The number of rotatable bonds is 3. The molecular formula is C11H18N4S. The van der Waals surface area contributed by atoms with Gasteiger partial charge in [-0.15, -0.1) is 0 Å². The van der Waals surface area contributed by atoms with Crippen molar-refractivity contribution in [3.05, 3.63) is 12.3 Å². The molecule has 2 heterocycles. The Balaban J connectivity index is 2.10. The normalized spacial score (nSPS) is 21.1. The molecule has 5 heteroatoms. The summed E-state index contributed by atoms with van der Waals surface area (Å²) in [5, 5.41) is 4.19. The lowest BCUT2D eigenvalue weighted by Gasteiger charge is -2.33. The van der Waals surface area contributed by atoms with E-state index in [9.17, 15) is 0 Å². The molecule has 1 aromatic heterocycles. The molecule has 4 nitrogen and oxygen atoms in total. The Labute approximate surface area is 101 Å². The van der Waals surface area contributed by atoms with Crippen LogP contribution in [0, 0.1) is 0 Å². The van der Waals surface area contributed by atoms with Crippen molar-refractivity contribution in [2.24, 2.45) is 0 Å². The van der Waals surface area contributed by atoms with Gasteiger partial charge in [-0.3, -0.25) is 0 Å². The van der Waals surface area contributed by atoms with Gasteiger partial charge in [0.25, 0.3) is 0 Å². The summed E-state index contributed by atoms with van der Waals surface area (Å²) in [7, 11) is 2.03. The molecule has 0 saturated carbocycles. The molecule has 0 aromatic carbocycles. The van der Waals surface area contributed by atoms with E-state index >= 15 is 0 Å². The number of piperidine rings is 1. The molecule has 2 rings (SSSR count). The highest BCUT2D eigenvalue weighted by Gasteiger charge is 2.19. The Bertz CT molecular complexity index is 345. The molecule has 1 aliphatic rings. The molecule has 1 aromatic rings. The van der Waals surface area contributed by atoms with Gasteiger partial charge in [-0.1, -0.05) is 11.8 Å². The molecule has 1 atom stereocenters. The van der Waals surface area contributed by atoms with Crippen LogP contribution in [0.2, 0.25) is 0 Å². The topological polar surface area (TPSA) is 41.0 Å². The fourth-order valence-corrected chi connectivity index (χ4v) is 2.38. The maximum atomic E-state index is 4.53. The van der Waals surface area contributed by atoms with Gasteiger partial charge in [-0.2, -0.15) is 0 Å². The first kappa shape index (κ1) is 11.7. The van der Waals surface area contributed by atoms with E-state index in [-0.39, 0.29) is 0 Å². The summed E-state index contributed by atoms with van der Waals surface area (Å²) >= 11 is 1.59. The summed E-state index contributed by atoms with van der Waals surface area (Å²) in [5.74, 6) is 1.05. The minimum atomic E-state index is 0.585. The van der Waals surface area contributed by atoms with Crippen molar-refractivity contribution in [2.75, 3.05) is 31.3 Å². The SMILES string of the molecule is CN[C@H]1CCCN(c2ccnc(SC)n2)C1. The number of likely N-dealkylation sites (N-methyl/N-ethyl adjacent to an activating group) is 1. The molecule has 1 saturated heterocycles. The van der Waals surface area contributed by atoms with E-state index in [2.05, 4.69) is 20.2 Å². The number of anilines is 1. The van der Waals surface area contributed by atoms with E-state index < -0.39 is 0 Å². The smallest absolute Gasteiger partial charge is 0.189 e. The fraction of sp³-hybridized carbons (Fsp3) is 0.636. The second-order valence-electron chi connectivity index (χ2n) is 3.98. The monoisotopic (exact) mass is 238 g/mol. The zero-order valence-corrected chi connectivity index (χ0v) is 10.6. The summed E-state index contributed by atoms with van der Waals surface area (Å²) < 4.78 is 0. The third kappa shape index (κ3) is 2.65. The number of nitrogens with one attached hydrogen (secondary N) is 1. The van der Waals surface area contributed by atoms with Gasteiger partial charge in [0, 0.05) is 25.3 Å². The highest BCUT2D eigenvalue weighted by Crippen LogP contribution is 2.19. The highest BCUT2D eigenvalue weighted by atomic mass is 32.2. The van der Waals surface area contributed by atoms with Crippen molar-refractivity contribution in [1.82, 2.24) is 15.3 Å². The first-order valence-electron chi connectivity index (χ1n) is 5.62. The number of thioether (sulfide) groups is 1. The predicted molar refractivity (Wildman–Crippen MR) is 68.1 cm³/mol. The molecule has 0 radical (unpaired) electrons. The fourth-order valence-electron chi connectivity index (χ4n) is 2.03. The van der Waals surface area contributed by atoms with E-state index in [1.54, 1.807) is 11.8 Å². The second-order valence-corrected chi connectivity index (χ2v) is 4.75. The van der Waals surface area contributed by atoms with Gasteiger partial charge in [0.15, 0.2) is 5.16 Å². The maximum absolute atomic E-state index is 4.53. The van der Waals surface area contributed by atoms with Gasteiger partial charge in [-0.05, 0) is 32.2 Å². The summed E-state index contributed by atoms with van der Waals surface area (Å²) in [6.45, 7) is 2.14. The highest BCUT2D eigenvalue weighted by molar-refractivity contribution is 7.98. The first-order chi connectivity index (χ1) is 7.83. The molecular weight excluding hydrogens is 220 g/mol. The number of hydrogen-bond donors (Lipinski definition) is 1. The van der Waals surface area contributed by atoms with Crippen molar-refractivity contribution in [3.63, 3.8) is 0 Å². The lowest BCUT2D eigenvalue weighted by Crippen LogP contribution is -2.44. The molecule has 0 unspecified atom stereocenters. The van der Waals surface area contributed by atoms with Crippen molar-refractivity contribution in [2.45, 2.75) is 24.0 Å². The Hall–Kier alpha value is -0.810. The number of nitrogens with zero attached hydrogens (tertiary/aromatic N) is 3. The van der Waals surface area contributed by atoms with Gasteiger partial charge >= 0.3 is 0 Å². The van der Waals surface area contributed by atoms with Crippen molar-refractivity contribution < 1.29 is 0 Å². The molecule has 0 amide bonds. The zero-order valence-electron chi connectivity index (χ0n) is 9.81. The van der Waals surface area contributed by atoms with Crippen LogP contribution < -0.4 is 10.2 Å². The van der Waals surface area contributed by atoms with Crippen molar-refractivity contribution >= 4 is 17.6 Å². The average Bonchev–Trinajstić information content (AvgIpc) is 2.39. The third-order valence-electron chi connectivity index (χ3n) is 2.95. The van der Waals surface area contributed by atoms with Gasteiger partial charge in [0.1, 0.15) is 5.82 Å². The van der Waals surface area contributed by atoms with Crippen molar-refractivity contribution in [3.8, 4) is 0 Å². The first-order valence-corrected chi connectivity index (χ1v) is 6.85. The lowest BCUT2D eigenvalue weighted by molar-refractivity contribution is 0.447. The van der Waals surface area contributed by atoms with E-state index in [1.807, 2.05) is 25.6 Å². The molecule has 1 N–H and O–H groups in total. The molecule has 88 valence electrons. The van der Waals surface area contributed by atoms with E-state index in [0.717, 1.165) is 24.1 Å². The van der Waals surface area contributed by atoms with Gasteiger partial charge in [0.2, 0.25) is 0 Å². The van der Waals surface area contributed by atoms with Gasteiger partial charge < -0.3 is 10.2 Å². The molecule has 0 spiro atoms. The summed E-state index contributed by atoms with van der Waals surface area (Å²) in [5.41, 5.74) is 0. The Morgan fingerprint density at radius 3 is 3.19 bits per heavy atom. The summed E-state index contributed by atoms with van der Waals surface area (Å²) in [6, 6.07) is 2.58. The maximum Gasteiger partial charge on any atom is 0.189 e. The van der Waals surface area contributed by atoms with Crippen LogP contribution in [0.3, 0.4) is 0 Å². The molecule has 1 fully saturated rings. The molecule has 0 bridgehead atoms. The zero-order chi connectivity index (χ0) is 11.4. The van der Waals surface area contributed by atoms with Crippen LogP contribution >= 0.6 is 11.8 Å². The van der Waals surface area contributed by atoms with Crippen LogP contribution in [0.1, 0.15) is 12.8 Å².